The molecule has 8 heteroatoms. The minimum Gasteiger partial charge on any atom is -0.486 e. The van der Waals surface area contributed by atoms with Crippen molar-refractivity contribution >= 4 is 37.4 Å². The highest BCUT2D eigenvalue weighted by molar-refractivity contribution is 7.89. The first-order valence-corrected chi connectivity index (χ1v) is 11.3. The summed E-state index contributed by atoms with van der Waals surface area (Å²) in [7, 11) is -3.70. The van der Waals surface area contributed by atoms with E-state index < -0.39 is 16.1 Å². The number of aromatic nitrogens is 1. The van der Waals surface area contributed by atoms with Gasteiger partial charge >= 0.3 is 0 Å². The van der Waals surface area contributed by atoms with Crippen molar-refractivity contribution in [2.45, 2.75) is 37.3 Å². The maximum atomic E-state index is 12.9. The van der Waals surface area contributed by atoms with E-state index in [2.05, 4.69) is 4.98 Å². The second kappa shape index (κ2) is 7.62. The predicted octanol–water partition coefficient (Wildman–Crippen LogP) is 3.62. The number of rotatable bonds is 5. The zero-order valence-electron chi connectivity index (χ0n) is 15.4. The lowest BCUT2D eigenvalue weighted by atomic mass is 10.1. The van der Waals surface area contributed by atoms with Gasteiger partial charge in [0.1, 0.15) is 17.4 Å². The molecular formula is C20H20N2O4S2. The number of hydrogen-bond donors (Lipinski definition) is 0. The van der Waals surface area contributed by atoms with Crippen LogP contribution >= 0.6 is 11.3 Å². The molecule has 1 aromatic heterocycles. The number of sulfonamides is 1. The highest BCUT2D eigenvalue weighted by Gasteiger charge is 2.35. The van der Waals surface area contributed by atoms with Crippen molar-refractivity contribution in [3.8, 4) is 5.75 Å². The molecule has 0 unspecified atom stereocenters. The highest BCUT2D eigenvalue weighted by atomic mass is 32.2. The number of thiazole rings is 1. The maximum absolute atomic E-state index is 12.9. The van der Waals surface area contributed by atoms with E-state index in [-0.39, 0.29) is 10.7 Å². The maximum Gasteiger partial charge on any atom is 0.243 e. The molecule has 0 radical (unpaired) electrons. The van der Waals surface area contributed by atoms with Gasteiger partial charge in [-0.1, -0.05) is 12.1 Å². The molecule has 1 saturated heterocycles. The lowest BCUT2D eigenvalue weighted by molar-refractivity contribution is -0.124. The number of para-hydroxylation sites is 1. The Morgan fingerprint density at radius 3 is 2.68 bits per heavy atom. The summed E-state index contributed by atoms with van der Waals surface area (Å²) < 4.78 is 33.9. The van der Waals surface area contributed by atoms with Gasteiger partial charge in [-0.15, -0.1) is 11.3 Å². The molecule has 28 heavy (non-hydrogen) atoms. The quantitative estimate of drug-likeness (QED) is 0.635. The van der Waals surface area contributed by atoms with Crippen LogP contribution in [-0.4, -0.2) is 36.1 Å². The Morgan fingerprint density at radius 2 is 1.93 bits per heavy atom. The predicted molar refractivity (Wildman–Crippen MR) is 108 cm³/mol. The minimum absolute atomic E-state index is 0.0365. The van der Waals surface area contributed by atoms with E-state index in [1.807, 2.05) is 24.3 Å². The third-order valence-electron chi connectivity index (χ3n) is 4.83. The van der Waals surface area contributed by atoms with E-state index in [9.17, 15) is 13.2 Å². The summed E-state index contributed by atoms with van der Waals surface area (Å²) in [6.45, 7) is 2.34. The summed E-state index contributed by atoms with van der Waals surface area (Å²) >= 11 is 1.57. The number of ketones is 1. The number of carbonyl (C=O) groups is 1. The second-order valence-electron chi connectivity index (χ2n) is 6.70. The van der Waals surface area contributed by atoms with Crippen LogP contribution < -0.4 is 4.74 Å². The molecule has 3 aromatic rings. The van der Waals surface area contributed by atoms with Crippen LogP contribution in [0.1, 0.15) is 24.8 Å². The zero-order chi connectivity index (χ0) is 19.7. The van der Waals surface area contributed by atoms with Gasteiger partial charge in [-0.25, -0.2) is 13.4 Å². The SMILES string of the molecule is C[C@@H]1C(=O)CCCN1S(=O)(=O)c1ccc(OCc2nc3ccccc3s2)cc1. The van der Waals surface area contributed by atoms with Crippen LogP contribution in [0.5, 0.6) is 5.75 Å². The van der Waals surface area contributed by atoms with Crippen LogP contribution in [0.2, 0.25) is 0 Å². The Labute approximate surface area is 167 Å². The van der Waals surface area contributed by atoms with Gasteiger partial charge in [-0.05, 0) is 49.7 Å². The van der Waals surface area contributed by atoms with Gasteiger partial charge in [0.2, 0.25) is 10.0 Å². The molecule has 1 atom stereocenters. The molecule has 1 aliphatic heterocycles. The zero-order valence-corrected chi connectivity index (χ0v) is 17.0. The van der Waals surface area contributed by atoms with E-state index in [1.165, 1.54) is 16.4 Å². The van der Waals surface area contributed by atoms with Crippen molar-refractivity contribution in [1.29, 1.82) is 0 Å². The van der Waals surface area contributed by atoms with Crippen molar-refractivity contribution in [3.05, 3.63) is 53.5 Å². The molecule has 0 saturated carbocycles. The molecule has 1 aliphatic rings. The molecule has 6 nitrogen and oxygen atoms in total. The number of ether oxygens (including phenoxy) is 1. The third kappa shape index (κ3) is 3.67. The van der Waals surface area contributed by atoms with E-state index in [1.54, 1.807) is 30.4 Å². The Hall–Kier alpha value is -2.29. The molecule has 0 aliphatic carbocycles. The van der Waals surface area contributed by atoms with Gasteiger partial charge in [0.25, 0.3) is 0 Å². The third-order valence-corrected chi connectivity index (χ3v) is 7.82. The summed E-state index contributed by atoms with van der Waals surface area (Å²) in [5.74, 6) is 0.534. The van der Waals surface area contributed by atoms with E-state index in [0.29, 0.717) is 31.7 Å². The average molecular weight is 417 g/mol. The molecule has 1 fully saturated rings. The monoisotopic (exact) mass is 416 g/mol. The average Bonchev–Trinajstić information content (AvgIpc) is 3.12. The first kappa shape index (κ1) is 19.0. The molecule has 2 heterocycles. The topological polar surface area (TPSA) is 76.6 Å². The lowest BCUT2D eigenvalue weighted by Crippen LogP contribution is -2.47. The number of benzene rings is 2. The summed E-state index contributed by atoms with van der Waals surface area (Å²) in [5, 5.41) is 0.860. The van der Waals surface area contributed by atoms with E-state index in [0.717, 1.165) is 15.2 Å². The summed E-state index contributed by atoms with van der Waals surface area (Å²) in [5.41, 5.74) is 0.942. The summed E-state index contributed by atoms with van der Waals surface area (Å²) in [6.07, 6.45) is 0.998. The first-order chi connectivity index (χ1) is 13.4. The van der Waals surface area contributed by atoms with E-state index >= 15 is 0 Å². The van der Waals surface area contributed by atoms with Gasteiger partial charge in [-0.2, -0.15) is 4.31 Å². The summed E-state index contributed by atoms with van der Waals surface area (Å²) in [4.78, 5) is 16.6. The van der Waals surface area contributed by atoms with Crippen LogP contribution in [0.25, 0.3) is 10.2 Å². The molecule has 146 valence electrons. The highest BCUT2D eigenvalue weighted by Crippen LogP contribution is 2.26. The normalized spacial score (nSPS) is 18.5. The molecule has 2 aromatic carbocycles. The fourth-order valence-electron chi connectivity index (χ4n) is 3.27. The van der Waals surface area contributed by atoms with Crippen molar-refractivity contribution in [1.82, 2.24) is 9.29 Å². The van der Waals surface area contributed by atoms with Crippen molar-refractivity contribution in [3.63, 3.8) is 0 Å². The van der Waals surface area contributed by atoms with Crippen molar-refractivity contribution in [2.24, 2.45) is 0 Å². The van der Waals surface area contributed by atoms with E-state index in [4.69, 9.17) is 4.74 Å². The first-order valence-electron chi connectivity index (χ1n) is 9.07. The van der Waals surface area contributed by atoms with Crippen LogP contribution in [0, 0.1) is 0 Å². The van der Waals surface area contributed by atoms with Gasteiger partial charge in [0.15, 0.2) is 5.78 Å². The number of fused-ring (bicyclic) bond motifs is 1. The van der Waals surface area contributed by atoms with Crippen LogP contribution in [0.15, 0.2) is 53.4 Å². The Bertz CT molecular complexity index is 1070. The molecule has 0 amide bonds. The van der Waals surface area contributed by atoms with Crippen molar-refractivity contribution in [2.75, 3.05) is 6.54 Å². The molecular weight excluding hydrogens is 396 g/mol. The van der Waals surface area contributed by atoms with Gasteiger partial charge in [-0.3, -0.25) is 4.79 Å². The Kier molecular flexibility index (Phi) is 5.18. The fourth-order valence-corrected chi connectivity index (χ4v) is 5.81. The van der Waals surface area contributed by atoms with Gasteiger partial charge < -0.3 is 4.74 Å². The number of hydrogen-bond acceptors (Lipinski definition) is 6. The Balaban J connectivity index is 1.46. The van der Waals surface area contributed by atoms with Crippen LogP contribution in [0.3, 0.4) is 0 Å². The summed E-state index contributed by atoms with van der Waals surface area (Å²) in [6, 6.07) is 13.6. The lowest BCUT2D eigenvalue weighted by Gasteiger charge is -2.31. The molecule has 0 N–H and O–H groups in total. The minimum atomic E-state index is -3.70. The van der Waals surface area contributed by atoms with Crippen LogP contribution in [-0.2, 0) is 21.4 Å². The van der Waals surface area contributed by atoms with Crippen LogP contribution in [0.4, 0.5) is 0 Å². The van der Waals surface area contributed by atoms with Gasteiger partial charge in [0, 0.05) is 13.0 Å². The largest absolute Gasteiger partial charge is 0.486 e. The fraction of sp³-hybridized carbons (Fsp3) is 0.300. The van der Waals surface area contributed by atoms with Gasteiger partial charge in [0.05, 0.1) is 21.2 Å². The van der Waals surface area contributed by atoms with Crippen molar-refractivity contribution < 1.29 is 17.9 Å². The number of Topliss-reactive ketones (excluding diaryl/α,β-unsaturated/α-hetero) is 1. The number of carbonyl (C=O) groups excluding carboxylic acids is 1. The molecule has 0 spiro atoms. The number of piperidine rings is 1. The number of nitrogens with zero attached hydrogens (tertiary/aromatic N) is 2. The smallest absolute Gasteiger partial charge is 0.243 e. The molecule has 4 rings (SSSR count). The standard InChI is InChI=1S/C20H20N2O4S2/c1-14-18(23)6-4-12-22(14)28(24,25)16-10-8-15(9-11-16)26-13-20-21-17-5-2-3-7-19(17)27-20/h2-3,5,7-11,14H,4,6,12-13H2,1H3/t14-/m1/s1. The second-order valence-corrected chi connectivity index (χ2v) is 9.70. The molecule has 0 bridgehead atoms. The Morgan fingerprint density at radius 1 is 1.18 bits per heavy atom.